The Morgan fingerprint density at radius 3 is 2.52 bits per heavy atom. The van der Waals surface area contributed by atoms with Crippen molar-refractivity contribution in [2.24, 2.45) is 16.8 Å². The molecule has 0 aliphatic carbocycles. The predicted molar refractivity (Wildman–Crippen MR) is 137 cm³/mol. The Morgan fingerprint density at radius 1 is 1.17 bits per heavy atom. The molecule has 2 saturated heterocycles. The molecule has 1 unspecified atom stereocenters. The second-order valence-electron chi connectivity index (χ2n) is 8.60. The summed E-state index contributed by atoms with van der Waals surface area (Å²) in [5, 5.41) is 9.27. The molecular weight excluding hydrogens is 493 g/mol. The van der Waals surface area contributed by atoms with Gasteiger partial charge in [-0.3, -0.25) is 9.89 Å². The van der Waals surface area contributed by atoms with Gasteiger partial charge in [-0.25, -0.2) is 0 Å². The van der Waals surface area contributed by atoms with Crippen molar-refractivity contribution in [3.8, 4) is 0 Å². The predicted octanol–water partition coefficient (Wildman–Crippen LogP) is 4.04. The summed E-state index contributed by atoms with van der Waals surface area (Å²) in [5.74, 6) is 2.60. The monoisotopic (exact) mass is 533 g/mol. The third-order valence-electron chi connectivity index (χ3n) is 6.29. The Kier molecular flexibility index (Phi) is 11.3. The van der Waals surface area contributed by atoms with E-state index in [1.807, 2.05) is 11.3 Å². The van der Waals surface area contributed by atoms with Crippen molar-refractivity contribution in [3.63, 3.8) is 0 Å². The molecule has 0 bridgehead atoms. The molecular formula is C22H40IN5S. The standard InChI is InChI=1S/C22H39N5S.HI/c1-4-23-22(24-16-19-9-11-26(3)12-10-19)25-17-20(21-6-5-15-28-21)27-13-7-18(2)8-14-27;/h5-6,15,18-20H,4,7-14,16-17H2,1-3H3,(H2,23,24,25);1H. The summed E-state index contributed by atoms with van der Waals surface area (Å²) in [5.41, 5.74) is 0. The highest BCUT2D eigenvalue weighted by Gasteiger charge is 2.25. The first kappa shape index (κ1) is 24.9. The maximum absolute atomic E-state index is 5.01. The van der Waals surface area contributed by atoms with Crippen LogP contribution in [0, 0.1) is 11.8 Å². The smallest absolute Gasteiger partial charge is 0.191 e. The Morgan fingerprint density at radius 2 is 1.90 bits per heavy atom. The first-order chi connectivity index (χ1) is 13.7. The van der Waals surface area contributed by atoms with Gasteiger partial charge in [0, 0.05) is 18.0 Å². The lowest BCUT2D eigenvalue weighted by Gasteiger charge is -2.35. The van der Waals surface area contributed by atoms with E-state index >= 15 is 0 Å². The van der Waals surface area contributed by atoms with Gasteiger partial charge in [-0.2, -0.15) is 0 Å². The van der Waals surface area contributed by atoms with Crippen LogP contribution in [0.25, 0.3) is 0 Å². The zero-order valence-electron chi connectivity index (χ0n) is 18.4. The average molecular weight is 534 g/mol. The van der Waals surface area contributed by atoms with E-state index in [-0.39, 0.29) is 24.0 Å². The molecule has 1 aromatic heterocycles. The van der Waals surface area contributed by atoms with Crippen LogP contribution < -0.4 is 10.6 Å². The highest BCUT2D eigenvalue weighted by molar-refractivity contribution is 14.0. The molecule has 7 heteroatoms. The third kappa shape index (κ3) is 7.99. The molecule has 0 saturated carbocycles. The van der Waals surface area contributed by atoms with Crippen molar-refractivity contribution >= 4 is 41.3 Å². The quantitative estimate of drug-likeness (QED) is 0.316. The van der Waals surface area contributed by atoms with Gasteiger partial charge >= 0.3 is 0 Å². The van der Waals surface area contributed by atoms with Crippen LogP contribution in [0.5, 0.6) is 0 Å². The van der Waals surface area contributed by atoms with Gasteiger partial charge in [0.2, 0.25) is 0 Å². The highest BCUT2D eigenvalue weighted by Crippen LogP contribution is 2.29. The molecule has 0 spiro atoms. The van der Waals surface area contributed by atoms with Gasteiger partial charge in [-0.05, 0) is 89.1 Å². The second-order valence-corrected chi connectivity index (χ2v) is 9.58. The number of hydrogen-bond donors (Lipinski definition) is 2. The average Bonchev–Trinajstić information content (AvgIpc) is 3.23. The van der Waals surface area contributed by atoms with Crippen molar-refractivity contribution < 1.29 is 0 Å². The summed E-state index contributed by atoms with van der Waals surface area (Å²) >= 11 is 1.87. The highest BCUT2D eigenvalue weighted by atomic mass is 127. The number of halogens is 1. The van der Waals surface area contributed by atoms with E-state index in [0.29, 0.717) is 6.04 Å². The van der Waals surface area contributed by atoms with E-state index in [4.69, 9.17) is 4.99 Å². The number of nitrogens with one attached hydrogen (secondary N) is 2. The zero-order chi connectivity index (χ0) is 19.8. The lowest BCUT2D eigenvalue weighted by atomic mass is 9.97. The van der Waals surface area contributed by atoms with Crippen LogP contribution in [-0.2, 0) is 0 Å². The first-order valence-corrected chi connectivity index (χ1v) is 12.0. The number of hydrogen-bond acceptors (Lipinski definition) is 4. The Bertz CT molecular complexity index is 578. The van der Waals surface area contributed by atoms with E-state index in [2.05, 4.69) is 58.8 Å². The van der Waals surface area contributed by atoms with Crippen molar-refractivity contribution in [1.29, 1.82) is 0 Å². The first-order valence-electron chi connectivity index (χ1n) is 11.1. The summed E-state index contributed by atoms with van der Waals surface area (Å²) in [4.78, 5) is 11.5. The molecule has 3 heterocycles. The summed E-state index contributed by atoms with van der Waals surface area (Å²) in [6.07, 6.45) is 5.18. The minimum Gasteiger partial charge on any atom is -0.357 e. The van der Waals surface area contributed by atoms with Gasteiger partial charge in [-0.15, -0.1) is 35.3 Å². The number of aliphatic imine (C=N–C) groups is 1. The molecule has 2 fully saturated rings. The molecule has 3 rings (SSSR count). The number of thiophene rings is 1. The number of piperidine rings is 2. The third-order valence-corrected chi connectivity index (χ3v) is 7.27. The van der Waals surface area contributed by atoms with Crippen LogP contribution in [0.2, 0.25) is 0 Å². The van der Waals surface area contributed by atoms with Crippen LogP contribution in [0.1, 0.15) is 50.4 Å². The van der Waals surface area contributed by atoms with Crippen LogP contribution >= 0.6 is 35.3 Å². The molecule has 0 radical (unpaired) electrons. The number of rotatable bonds is 7. The molecule has 5 nitrogen and oxygen atoms in total. The lowest BCUT2D eigenvalue weighted by molar-refractivity contribution is 0.143. The summed E-state index contributed by atoms with van der Waals surface area (Å²) in [7, 11) is 2.22. The fourth-order valence-electron chi connectivity index (χ4n) is 4.23. The number of nitrogens with zero attached hydrogens (tertiary/aromatic N) is 3. The lowest BCUT2D eigenvalue weighted by Crippen LogP contribution is -2.43. The normalized spacial score (nSPS) is 21.6. The zero-order valence-corrected chi connectivity index (χ0v) is 21.5. The van der Waals surface area contributed by atoms with Gasteiger partial charge in [-0.1, -0.05) is 13.0 Å². The molecule has 0 amide bonds. The van der Waals surface area contributed by atoms with Gasteiger partial charge in [0.1, 0.15) is 0 Å². The van der Waals surface area contributed by atoms with Gasteiger partial charge in [0.15, 0.2) is 5.96 Å². The molecule has 29 heavy (non-hydrogen) atoms. The fraction of sp³-hybridized carbons (Fsp3) is 0.773. The molecule has 2 aliphatic heterocycles. The van der Waals surface area contributed by atoms with E-state index in [1.165, 1.54) is 56.7 Å². The van der Waals surface area contributed by atoms with E-state index in [0.717, 1.165) is 37.4 Å². The molecule has 166 valence electrons. The molecule has 2 aliphatic rings. The van der Waals surface area contributed by atoms with Crippen LogP contribution in [0.3, 0.4) is 0 Å². The summed E-state index contributed by atoms with van der Waals surface area (Å²) in [6, 6.07) is 4.86. The summed E-state index contributed by atoms with van der Waals surface area (Å²) < 4.78 is 0. The molecule has 1 aromatic rings. The van der Waals surface area contributed by atoms with E-state index in [1.54, 1.807) is 0 Å². The second kappa shape index (κ2) is 13.1. The maximum atomic E-state index is 5.01. The van der Waals surface area contributed by atoms with Crippen LogP contribution in [0.15, 0.2) is 22.5 Å². The van der Waals surface area contributed by atoms with Gasteiger partial charge < -0.3 is 15.5 Å². The Hall–Kier alpha value is -0.380. The van der Waals surface area contributed by atoms with E-state index in [9.17, 15) is 0 Å². The Labute approximate surface area is 198 Å². The van der Waals surface area contributed by atoms with Gasteiger partial charge in [0.25, 0.3) is 0 Å². The van der Waals surface area contributed by atoms with Crippen LogP contribution in [-0.4, -0.2) is 68.6 Å². The van der Waals surface area contributed by atoms with E-state index < -0.39 is 0 Å². The maximum Gasteiger partial charge on any atom is 0.191 e. The number of guanidine groups is 1. The van der Waals surface area contributed by atoms with Crippen molar-refractivity contribution in [3.05, 3.63) is 22.4 Å². The largest absolute Gasteiger partial charge is 0.357 e. The molecule has 2 N–H and O–H groups in total. The van der Waals surface area contributed by atoms with Crippen molar-refractivity contribution in [2.75, 3.05) is 52.9 Å². The SMILES string of the molecule is CCNC(=NCC(c1cccs1)N1CCC(C)CC1)NCC1CCN(C)CC1.I. The molecule has 1 atom stereocenters. The fourth-order valence-corrected chi connectivity index (χ4v) is 5.09. The van der Waals surface area contributed by atoms with Crippen LogP contribution in [0.4, 0.5) is 0 Å². The van der Waals surface area contributed by atoms with Gasteiger partial charge in [0.05, 0.1) is 12.6 Å². The Balaban J connectivity index is 0.00000300. The molecule has 0 aromatic carbocycles. The summed E-state index contributed by atoms with van der Waals surface area (Å²) in [6.45, 7) is 12.1. The number of likely N-dealkylation sites (tertiary alicyclic amines) is 2. The van der Waals surface area contributed by atoms with Crippen molar-refractivity contribution in [2.45, 2.75) is 45.6 Å². The minimum absolute atomic E-state index is 0. The topological polar surface area (TPSA) is 42.9 Å². The van der Waals surface area contributed by atoms with Crippen molar-refractivity contribution in [1.82, 2.24) is 20.4 Å². The minimum atomic E-state index is 0.